The summed E-state index contributed by atoms with van der Waals surface area (Å²) in [7, 11) is 0. The van der Waals surface area contributed by atoms with Crippen LogP contribution in [-0.4, -0.2) is 25.9 Å². The summed E-state index contributed by atoms with van der Waals surface area (Å²) < 4.78 is 0. The number of hydrogen-bond donors (Lipinski definition) is 1. The quantitative estimate of drug-likeness (QED) is 0.613. The molecular weight excluding hydrogens is 372 g/mol. The van der Waals surface area contributed by atoms with Crippen molar-refractivity contribution in [3.05, 3.63) is 76.6 Å². The number of aryl methyl sites for hydroxylation is 1. The Hall–Kier alpha value is -3.60. The van der Waals surface area contributed by atoms with Gasteiger partial charge in [-0.25, -0.2) is 4.98 Å². The normalized spacial score (nSPS) is 12.6. The van der Waals surface area contributed by atoms with Crippen LogP contribution in [-0.2, 0) is 4.79 Å². The molecule has 0 saturated carbocycles. The zero-order chi connectivity index (χ0) is 21.5. The van der Waals surface area contributed by atoms with Crippen molar-refractivity contribution in [2.24, 2.45) is 0 Å². The molecule has 0 aromatic carbocycles. The minimum Gasteiger partial charge on any atom is -0.295 e. The zero-order valence-corrected chi connectivity index (χ0v) is 17.6. The summed E-state index contributed by atoms with van der Waals surface area (Å²) in [6.07, 6.45) is 10.5. The van der Waals surface area contributed by atoms with E-state index in [2.05, 4.69) is 21.8 Å². The highest BCUT2D eigenvalue weighted by Gasteiger charge is 2.12. The number of aromatic amines is 1. The lowest BCUT2D eigenvalue weighted by Gasteiger charge is -2.04. The molecule has 30 heavy (non-hydrogen) atoms. The number of allylic oxidation sites excluding steroid dienone is 4. The summed E-state index contributed by atoms with van der Waals surface area (Å²) in [6, 6.07) is 9.79. The predicted octanol–water partition coefficient (Wildman–Crippen LogP) is 3.90. The number of carbonyl (C=O) groups is 1. The van der Waals surface area contributed by atoms with Crippen molar-refractivity contribution < 1.29 is 4.79 Å². The van der Waals surface area contributed by atoms with Gasteiger partial charge in [-0.1, -0.05) is 37.8 Å². The molecule has 3 aromatic rings. The largest absolute Gasteiger partial charge is 0.295 e. The Kier molecular flexibility index (Phi) is 6.86. The molecule has 3 rings (SSSR count). The van der Waals surface area contributed by atoms with Gasteiger partial charge in [0.25, 0.3) is 0 Å². The van der Waals surface area contributed by atoms with Crippen molar-refractivity contribution in [1.29, 1.82) is 0 Å². The second-order valence-electron chi connectivity index (χ2n) is 7.00. The summed E-state index contributed by atoms with van der Waals surface area (Å²) in [6.45, 7) is 9.91. The molecule has 3 aromatic heterocycles. The van der Waals surface area contributed by atoms with E-state index in [1.54, 1.807) is 12.3 Å². The SMILES string of the molecule is C=c1ccc(-c2cn[nH]c2-c2cccc(C)n2)n/c1=C/C(=C\C)C/C=C/C(=O)CC. The first-order valence-corrected chi connectivity index (χ1v) is 10.0. The van der Waals surface area contributed by atoms with Gasteiger partial charge < -0.3 is 0 Å². The fraction of sp³-hybridized carbons (Fsp3) is 0.200. The Morgan fingerprint density at radius 2 is 2.00 bits per heavy atom. The summed E-state index contributed by atoms with van der Waals surface area (Å²) >= 11 is 0. The Morgan fingerprint density at radius 1 is 1.17 bits per heavy atom. The van der Waals surface area contributed by atoms with Gasteiger partial charge in [0.15, 0.2) is 5.78 Å². The van der Waals surface area contributed by atoms with E-state index in [1.165, 1.54) is 0 Å². The summed E-state index contributed by atoms with van der Waals surface area (Å²) in [5.74, 6) is 0.126. The fourth-order valence-corrected chi connectivity index (χ4v) is 3.02. The molecule has 3 heterocycles. The van der Waals surface area contributed by atoms with Gasteiger partial charge in [-0.3, -0.25) is 14.9 Å². The molecule has 1 N–H and O–H groups in total. The molecule has 0 fully saturated rings. The Balaban J connectivity index is 1.98. The lowest BCUT2D eigenvalue weighted by Crippen LogP contribution is -2.27. The molecule has 5 heteroatoms. The third kappa shape index (κ3) is 5.06. The highest BCUT2D eigenvalue weighted by molar-refractivity contribution is 5.89. The van der Waals surface area contributed by atoms with Gasteiger partial charge in [0.05, 0.1) is 28.6 Å². The summed E-state index contributed by atoms with van der Waals surface area (Å²) in [5.41, 5.74) is 5.36. The molecule has 152 valence electrons. The molecule has 0 saturated heterocycles. The van der Waals surface area contributed by atoms with Crippen molar-refractivity contribution in [2.75, 3.05) is 0 Å². The van der Waals surface area contributed by atoms with Crippen molar-refractivity contribution in [2.45, 2.75) is 33.6 Å². The topological polar surface area (TPSA) is 71.5 Å². The van der Waals surface area contributed by atoms with Crippen LogP contribution < -0.4 is 10.6 Å². The Bertz CT molecular complexity index is 1220. The maximum atomic E-state index is 11.5. The molecule has 0 aliphatic rings. The molecule has 0 radical (unpaired) electrons. The molecule has 5 nitrogen and oxygen atoms in total. The second kappa shape index (κ2) is 9.74. The first kappa shape index (κ1) is 21.1. The van der Waals surface area contributed by atoms with Gasteiger partial charge in [-0.15, -0.1) is 0 Å². The number of carbonyl (C=O) groups excluding carboxylic acids is 1. The molecule has 0 bridgehead atoms. The van der Waals surface area contributed by atoms with E-state index in [1.807, 2.05) is 69.3 Å². The highest BCUT2D eigenvalue weighted by atomic mass is 16.1. The first-order chi connectivity index (χ1) is 14.5. The third-order valence-electron chi connectivity index (χ3n) is 4.77. The maximum Gasteiger partial charge on any atom is 0.155 e. The van der Waals surface area contributed by atoms with E-state index >= 15 is 0 Å². The van der Waals surface area contributed by atoms with E-state index in [-0.39, 0.29) is 5.78 Å². The number of rotatable bonds is 7. The van der Waals surface area contributed by atoms with E-state index in [9.17, 15) is 4.79 Å². The van der Waals surface area contributed by atoms with Crippen LogP contribution >= 0.6 is 0 Å². The van der Waals surface area contributed by atoms with E-state index < -0.39 is 0 Å². The monoisotopic (exact) mass is 398 g/mol. The van der Waals surface area contributed by atoms with Gasteiger partial charge in [0.2, 0.25) is 0 Å². The molecule has 0 unspecified atom stereocenters. The molecule has 0 atom stereocenters. The van der Waals surface area contributed by atoms with E-state index in [0.717, 1.165) is 44.5 Å². The molecule has 0 aliphatic carbocycles. The number of hydrogen-bond acceptors (Lipinski definition) is 4. The lowest BCUT2D eigenvalue weighted by molar-refractivity contribution is -0.114. The Labute approximate surface area is 176 Å². The first-order valence-electron chi connectivity index (χ1n) is 10.0. The van der Waals surface area contributed by atoms with E-state index in [4.69, 9.17) is 4.98 Å². The Morgan fingerprint density at radius 3 is 2.73 bits per heavy atom. The third-order valence-corrected chi connectivity index (χ3v) is 4.77. The molecule has 0 spiro atoms. The second-order valence-corrected chi connectivity index (χ2v) is 7.00. The van der Waals surface area contributed by atoms with Gasteiger partial charge in [0, 0.05) is 17.7 Å². The summed E-state index contributed by atoms with van der Waals surface area (Å²) in [4.78, 5) is 20.9. The number of H-pyrrole nitrogens is 1. The van der Waals surface area contributed by atoms with E-state index in [0.29, 0.717) is 12.8 Å². The average Bonchev–Trinajstić information content (AvgIpc) is 3.24. The van der Waals surface area contributed by atoms with Crippen LogP contribution in [0.5, 0.6) is 0 Å². The van der Waals surface area contributed by atoms with Crippen LogP contribution in [0, 0.1) is 6.92 Å². The summed E-state index contributed by atoms with van der Waals surface area (Å²) in [5, 5.41) is 8.89. The van der Waals surface area contributed by atoms with Crippen molar-refractivity contribution in [3.8, 4) is 22.6 Å². The van der Waals surface area contributed by atoms with Crippen LogP contribution in [0.25, 0.3) is 35.3 Å². The standard InChI is InChI=1S/C25H26N4O/c1-5-19(10-8-11-20(30)6-2)15-24-17(3)13-14-22(28-24)21-16-26-29-25(21)23-12-7-9-18(4)27-23/h5,7-9,11-16H,3,6,10H2,1-2,4H3,(H,26,29)/b11-8+,19-5-,24-15+. The maximum absolute atomic E-state index is 11.5. The minimum absolute atomic E-state index is 0.126. The smallest absolute Gasteiger partial charge is 0.155 e. The van der Waals surface area contributed by atoms with Crippen LogP contribution in [0.3, 0.4) is 0 Å². The molecular formula is C25H26N4O. The number of nitrogens with one attached hydrogen (secondary N) is 1. The predicted molar refractivity (Wildman–Crippen MR) is 122 cm³/mol. The van der Waals surface area contributed by atoms with Crippen molar-refractivity contribution in [3.63, 3.8) is 0 Å². The van der Waals surface area contributed by atoms with Crippen LogP contribution in [0.2, 0.25) is 0 Å². The zero-order valence-electron chi connectivity index (χ0n) is 17.6. The van der Waals surface area contributed by atoms with Crippen LogP contribution in [0.4, 0.5) is 0 Å². The molecule has 0 aliphatic heterocycles. The number of pyridine rings is 2. The van der Waals surface area contributed by atoms with Crippen molar-refractivity contribution in [1.82, 2.24) is 20.2 Å². The highest BCUT2D eigenvalue weighted by Crippen LogP contribution is 2.26. The number of ketones is 1. The number of aromatic nitrogens is 4. The van der Waals surface area contributed by atoms with Crippen molar-refractivity contribution >= 4 is 18.4 Å². The van der Waals surface area contributed by atoms with Crippen LogP contribution in [0.15, 0.2) is 60.3 Å². The van der Waals surface area contributed by atoms with Gasteiger partial charge in [-0.2, -0.15) is 5.10 Å². The number of nitrogens with zero attached hydrogens (tertiary/aromatic N) is 3. The fourth-order valence-electron chi connectivity index (χ4n) is 3.02. The lowest BCUT2D eigenvalue weighted by atomic mass is 10.1. The van der Waals surface area contributed by atoms with Gasteiger partial charge in [-0.05, 0) is 61.4 Å². The van der Waals surface area contributed by atoms with Gasteiger partial charge in [0.1, 0.15) is 0 Å². The van der Waals surface area contributed by atoms with Gasteiger partial charge >= 0.3 is 0 Å². The average molecular weight is 399 g/mol. The van der Waals surface area contributed by atoms with Crippen LogP contribution in [0.1, 0.15) is 32.4 Å². The minimum atomic E-state index is 0.126. The molecule has 0 amide bonds.